The lowest BCUT2D eigenvalue weighted by molar-refractivity contribution is -0.137. The van der Waals surface area contributed by atoms with Crippen molar-refractivity contribution in [3.63, 3.8) is 0 Å². The van der Waals surface area contributed by atoms with E-state index in [-0.39, 0.29) is 16.0 Å². The van der Waals surface area contributed by atoms with Crippen molar-refractivity contribution in [2.45, 2.75) is 6.18 Å². The third-order valence-electron chi connectivity index (χ3n) is 2.33. The minimum atomic E-state index is -4.51. The maximum atomic E-state index is 12.6. The first-order valence-electron chi connectivity index (χ1n) is 5.33. The number of rotatable bonds is 2. The van der Waals surface area contributed by atoms with E-state index in [4.69, 9.17) is 0 Å². The summed E-state index contributed by atoms with van der Waals surface area (Å²) < 4.78 is 38.1. The molecule has 20 heavy (non-hydrogen) atoms. The first-order chi connectivity index (χ1) is 9.38. The Bertz CT molecular complexity index is 632. The Labute approximate surface area is 120 Å². The lowest BCUT2D eigenvalue weighted by Gasteiger charge is -2.10. The van der Waals surface area contributed by atoms with E-state index in [1.54, 1.807) is 6.07 Å². The Morgan fingerprint density at radius 2 is 1.85 bits per heavy atom. The average molecular weight is 346 g/mol. The number of nitrogens with one attached hydrogen (secondary N) is 1. The van der Waals surface area contributed by atoms with Crippen molar-refractivity contribution in [2.75, 3.05) is 5.32 Å². The smallest absolute Gasteiger partial charge is 0.290 e. The van der Waals surface area contributed by atoms with Crippen LogP contribution in [0.15, 0.2) is 41.1 Å². The van der Waals surface area contributed by atoms with Crippen LogP contribution in [0.5, 0.6) is 0 Å². The molecule has 0 bridgehead atoms. The summed E-state index contributed by atoms with van der Waals surface area (Å²) in [5.41, 5.74) is -1.05. The lowest BCUT2D eigenvalue weighted by atomic mass is 10.1. The monoisotopic (exact) mass is 345 g/mol. The maximum absolute atomic E-state index is 12.6. The first-order valence-corrected chi connectivity index (χ1v) is 6.12. The van der Waals surface area contributed by atoms with E-state index in [0.717, 1.165) is 12.1 Å². The number of carbonyl (C=O) groups is 1. The van der Waals surface area contributed by atoms with Crippen LogP contribution in [-0.4, -0.2) is 15.9 Å². The number of anilines is 1. The van der Waals surface area contributed by atoms with Gasteiger partial charge in [0.15, 0.2) is 0 Å². The van der Waals surface area contributed by atoms with Crippen molar-refractivity contribution in [2.24, 2.45) is 0 Å². The molecule has 0 atom stereocenters. The fraction of sp³-hybridized carbons (Fsp3) is 0.0833. The van der Waals surface area contributed by atoms with Crippen LogP contribution in [0.3, 0.4) is 0 Å². The van der Waals surface area contributed by atoms with Crippen molar-refractivity contribution in [3.05, 3.63) is 52.3 Å². The van der Waals surface area contributed by atoms with Gasteiger partial charge >= 0.3 is 6.18 Å². The Kier molecular flexibility index (Phi) is 4.03. The second-order valence-electron chi connectivity index (χ2n) is 3.72. The van der Waals surface area contributed by atoms with Crippen molar-refractivity contribution in [1.82, 2.24) is 9.97 Å². The molecule has 0 spiro atoms. The molecule has 1 heterocycles. The topological polar surface area (TPSA) is 54.9 Å². The predicted octanol–water partition coefficient (Wildman–Crippen LogP) is 3.51. The van der Waals surface area contributed by atoms with Crippen LogP contribution in [0.4, 0.5) is 19.1 Å². The van der Waals surface area contributed by atoms with E-state index in [1.807, 2.05) is 0 Å². The van der Waals surface area contributed by atoms with E-state index in [0.29, 0.717) is 0 Å². The number of benzene rings is 1. The summed E-state index contributed by atoms with van der Waals surface area (Å²) in [5.74, 6) is -0.712. The third kappa shape index (κ3) is 3.32. The van der Waals surface area contributed by atoms with Crippen LogP contribution in [0.1, 0.15) is 15.9 Å². The molecule has 0 fully saturated rings. The standard InChI is InChI=1S/C12H7BrF3N3O/c13-9-3-2-7(12(14,15)16)6-8(9)10(20)19-11-17-4-1-5-18-11/h1-6H,(H,17,18,19,20). The van der Waals surface area contributed by atoms with Gasteiger partial charge in [-0.2, -0.15) is 13.2 Å². The highest BCUT2D eigenvalue weighted by atomic mass is 79.9. The van der Waals surface area contributed by atoms with Gasteiger partial charge in [-0.25, -0.2) is 9.97 Å². The van der Waals surface area contributed by atoms with Crippen molar-refractivity contribution >= 4 is 27.8 Å². The number of aromatic nitrogens is 2. The third-order valence-corrected chi connectivity index (χ3v) is 3.02. The van der Waals surface area contributed by atoms with Crippen molar-refractivity contribution < 1.29 is 18.0 Å². The summed E-state index contributed by atoms with van der Waals surface area (Å²) in [5, 5.41) is 2.32. The molecule has 0 unspecified atom stereocenters. The molecular formula is C12H7BrF3N3O. The minimum Gasteiger partial charge on any atom is -0.290 e. The number of halogens is 4. The summed E-state index contributed by atoms with van der Waals surface area (Å²) in [6.45, 7) is 0. The highest BCUT2D eigenvalue weighted by Crippen LogP contribution is 2.32. The van der Waals surface area contributed by atoms with Gasteiger partial charge in [-0.3, -0.25) is 10.1 Å². The highest BCUT2D eigenvalue weighted by Gasteiger charge is 2.31. The van der Waals surface area contributed by atoms with Gasteiger partial charge < -0.3 is 0 Å². The van der Waals surface area contributed by atoms with Gasteiger partial charge in [0.1, 0.15) is 0 Å². The van der Waals surface area contributed by atoms with E-state index < -0.39 is 17.6 Å². The summed E-state index contributed by atoms with van der Waals surface area (Å²) in [6.07, 6.45) is -1.70. The van der Waals surface area contributed by atoms with Crippen LogP contribution in [0.25, 0.3) is 0 Å². The molecule has 0 radical (unpaired) electrons. The van der Waals surface area contributed by atoms with Gasteiger partial charge in [-0.05, 0) is 40.2 Å². The molecule has 8 heteroatoms. The summed E-state index contributed by atoms with van der Waals surface area (Å²) in [7, 11) is 0. The molecule has 1 aromatic heterocycles. The van der Waals surface area contributed by atoms with Crippen molar-refractivity contribution in [3.8, 4) is 0 Å². The van der Waals surface area contributed by atoms with Gasteiger partial charge in [0, 0.05) is 16.9 Å². The normalized spacial score (nSPS) is 11.2. The van der Waals surface area contributed by atoms with E-state index in [2.05, 4.69) is 31.2 Å². The zero-order valence-electron chi connectivity index (χ0n) is 9.78. The average Bonchev–Trinajstić information content (AvgIpc) is 2.39. The Morgan fingerprint density at radius 1 is 1.20 bits per heavy atom. The number of hydrogen-bond donors (Lipinski definition) is 1. The highest BCUT2D eigenvalue weighted by molar-refractivity contribution is 9.10. The lowest BCUT2D eigenvalue weighted by Crippen LogP contribution is -2.16. The summed E-state index contributed by atoms with van der Waals surface area (Å²) in [4.78, 5) is 19.5. The van der Waals surface area contributed by atoms with Crippen LogP contribution in [0, 0.1) is 0 Å². The fourth-order valence-corrected chi connectivity index (χ4v) is 1.83. The van der Waals surface area contributed by atoms with Crippen LogP contribution >= 0.6 is 15.9 Å². The molecule has 0 aliphatic carbocycles. The Morgan fingerprint density at radius 3 is 2.45 bits per heavy atom. The van der Waals surface area contributed by atoms with Crippen molar-refractivity contribution in [1.29, 1.82) is 0 Å². The molecule has 1 amide bonds. The number of amides is 1. The summed E-state index contributed by atoms with van der Waals surface area (Å²) >= 11 is 3.04. The van der Waals surface area contributed by atoms with Gasteiger partial charge in [0.2, 0.25) is 5.95 Å². The SMILES string of the molecule is O=C(Nc1ncccn1)c1cc(C(F)(F)F)ccc1Br. The van der Waals surface area contributed by atoms with Gasteiger partial charge in [0.25, 0.3) is 5.91 Å². The molecule has 0 saturated heterocycles. The van der Waals surface area contributed by atoms with Crippen LogP contribution in [0.2, 0.25) is 0 Å². The second-order valence-corrected chi connectivity index (χ2v) is 4.57. The molecule has 4 nitrogen and oxygen atoms in total. The first kappa shape index (κ1) is 14.4. The maximum Gasteiger partial charge on any atom is 0.416 e. The molecule has 1 aromatic carbocycles. The summed E-state index contributed by atoms with van der Waals surface area (Å²) in [6, 6.07) is 4.38. The van der Waals surface area contributed by atoms with Gasteiger partial charge in [-0.15, -0.1) is 0 Å². The molecule has 2 aromatic rings. The molecule has 1 N–H and O–H groups in total. The molecule has 2 rings (SSSR count). The Balaban J connectivity index is 2.30. The molecule has 0 aliphatic heterocycles. The largest absolute Gasteiger partial charge is 0.416 e. The Hall–Kier alpha value is -1.96. The molecule has 0 saturated carbocycles. The predicted molar refractivity (Wildman–Crippen MR) is 69.1 cm³/mol. The number of hydrogen-bond acceptors (Lipinski definition) is 3. The van der Waals surface area contributed by atoms with E-state index in [1.165, 1.54) is 18.5 Å². The molecular weight excluding hydrogens is 339 g/mol. The van der Waals surface area contributed by atoms with Crippen LogP contribution in [-0.2, 0) is 6.18 Å². The van der Waals surface area contributed by atoms with E-state index in [9.17, 15) is 18.0 Å². The molecule has 0 aliphatic rings. The van der Waals surface area contributed by atoms with Gasteiger partial charge in [-0.1, -0.05) is 0 Å². The van der Waals surface area contributed by atoms with E-state index >= 15 is 0 Å². The zero-order chi connectivity index (χ0) is 14.8. The van der Waals surface area contributed by atoms with Gasteiger partial charge in [0.05, 0.1) is 11.1 Å². The van der Waals surface area contributed by atoms with Crippen LogP contribution < -0.4 is 5.32 Å². The fourth-order valence-electron chi connectivity index (χ4n) is 1.41. The number of alkyl halides is 3. The quantitative estimate of drug-likeness (QED) is 0.906. The number of carbonyl (C=O) groups excluding carboxylic acids is 1. The second kappa shape index (κ2) is 5.58. The minimum absolute atomic E-state index is 0.0156. The number of nitrogens with zero attached hydrogens (tertiary/aromatic N) is 2. The molecule has 104 valence electrons. The zero-order valence-corrected chi connectivity index (χ0v) is 11.4.